The van der Waals surface area contributed by atoms with Crippen LogP contribution in [-0.2, 0) is 12.5 Å². The summed E-state index contributed by atoms with van der Waals surface area (Å²) in [4.78, 5) is 0. The predicted molar refractivity (Wildman–Crippen MR) is 116 cm³/mol. The molecule has 1 aliphatic heterocycles. The molecule has 2 aromatic carbocycles. The zero-order chi connectivity index (χ0) is 20.3. The highest BCUT2D eigenvalue weighted by molar-refractivity contribution is 5.76. The molecule has 1 aliphatic rings. The molecule has 3 aromatic rings. The van der Waals surface area contributed by atoms with Gasteiger partial charge in [0.05, 0.1) is 5.56 Å². The zero-order valence-corrected chi connectivity index (χ0v) is 18.1. The summed E-state index contributed by atoms with van der Waals surface area (Å²) in [6, 6.07) is 17.4. The minimum atomic E-state index is -0.241. The Hall–Kier alpha value is -2.61. The first-order valence-corrected chi connectivity index (χ1v) is 10.0. The molecule has 0 N–H and O–H groups in total. The van der Waals surface area contributed by atoms with Crippen LogP contribution in [0.25, 0.3) is 22.4 Å². The van der Waals surface area contributed by atoms with Gasteiger partial charge in [0.25, 0.3) is 0 Å². The van der Waals surface area contributed by atoms with Crippen LogP contribution in [-0.4, -0.2) is 5.60 Å². The fourth-order valence-electron chi connectivity index (χ4n) is 4.22. The lowest BCUT2D eigenvalue weighted by Gasteiger charge is -2.33. The van der Waals surface area contributed by atoms with Gasteiger partial charge in [0, 0.05) is 22.6 Å². The number of aromatic nitrogens is 1. The van der Waals surface area contributed by atoms with Gasteiger partial charge in [-0.2, -0.15) is 0 Å². The van der Waals surface area contributed by atoms with Crippen molar-refractivity contribution in [3.8, 4) is 28.1 Å². The van der Waals surface area contributed by atoms with E-state index in [1.165, 1.54) is 39.1 Å². The van der Waals surface area contributed by atoms with E-state index in [2.05, 4.69) is 108 Å². The molecule has 4 rings (SSSR count). The van der Waals surface area contributed by atoms with Gasteiger partial charge in [0.15, 0.2) is 6.20 Å². The highest BCUT2D eigenvalue weighted by atomic mass is 16.5. The molecule has 2 heterocycles. The molecule has 0 fully saturated rings. The van der Waals surface area contributed by atoms with Crippen LogP contribution >= 0.6 is 0 Å². The second kappa shape index (κ2) is 6.20. The summed E-state index contributed by atoms with van der Waals surface area (Å²) in [5.74, 6) is 1.04. The standard InChI is InChI=1S/C26H30NO/c1-17-13-14-21-24(28-26(5,6)25(21,3)4)23(17)22-15-18(2)20(16-27(22)7)19-11-9-8-10-12-19/h8-16H,1-7H3/q+1. The van der Waals surface area contributed by atoms with Crippen molar-refractivity contribution in [2.24, 2.45) is 7.05 Å². The summed E-state index contributed by atoms with van der Waals surface area (Å²) in [6.45, 7) is 13.3. The Morgan fingerprint density at radius 3 is 2.21 bits per heavy atom. The van der Waals surface area contributed by atoms with Crippen LogP contribution in [0.15, 0.2) is 54.7 Å². The third kappa shape index (κ3) is 2.66. The fourth-order valence-corrected chi connectivity index (χ4v) is 4.22. The van der Waals surface area contributed by atoms with Crippen LogP contribution in [0.3, 0.4) is 0 Å². The molecule has 0 atom stereocenters. The summed E-state index contributed by atoms with van der Waals surface area (Å²) in [6.07, 6.45) is 2.24. The van der Waals surface area contributed by atoms with E-state index in [-0.39, 0.29) is 11.0 Å². The van der Waals surface area contributed by atoms with Crippen LogP contribution in [0.1, 0.15) is 44.4 Å². The summed E-state index contributed by atoms with van der Waals surface area (Å²) in [7, 11) is 2.13. The van der Waals surface area contributed by atoms with Gasteiger partial charge in [-0.05, 0) is 44.4 Å². The largest absolute Gasteiger partial charge is 0.486 e. The first-order chi connectivity index (χ1) is 13.1. The molecule has 2 nitrogen and oxygen atoms in total. The SMILES string of the molecule is Cc1cc(-c2c(C)ccc3c2OC(C)(C)C3(C)C)[n+](C)cc1-c1ccccc1. The van der Waals surface area contributed by atoms with Gasteiger partial charge in [0.1, 0.15) is 18.4 Å². The molecule has 0 unspecified atom stereocenters. The van der Waals surface area contributed by atoms with Crippen LogP contribution in [0, 0.1) is 13.8 Å². The molecule has 0 amide bonds. The Morgan fingerprint density at radius 2 is 1.54 bits per heavy atom. The van der Waals surface area contributed by atoms with Gasteiger partial charge in [-0.1, -0.05) is 56.3 Å². The van der Waals surface area contributed by atoms with Gasteiger partial charge in [-0.3, -0.25) is 0 Å². The highest BCUT2D eigenvalue weighted by Crippen LogP contribution is 2.53. The molecule has 0 saturated heterocycles. The van der Waals surface area contributed by atoms with Crippen molar-refractivity contribution >= 4 is 0 Å². The van der Waals surface area contributed by atoms with E-state index in [9.17, 15) is 0 Å². The fraction of sp³-hybridized carbons (Fsp3) is 0.346. The van der Waals surface area contributed by atoms with E-state index < -0.39 is 0 Å². The number of ether oxygens (including phenoxy) is 1. The van der Waals surface area contributed by atoms with Crippen molar-refractivity contribution < 1.29 is 9.30 Å². The monoisotopic (exact) mass is 372 g/mol. The van der Waals surface area contributed by atoms with Crippen LogP contribution in [0.4, 0.5) is 0 Å². The van der Waals surface area contributed by atoms with Crippen molar-refractivity contribution in [2.75, 3.05) is 0 Å². The molecular formula is C26H30NO+. The minimum absolute atomic E-state index is 0.0393. The lowest BCUT2D eigenvalue weighted by atomic mass is 9.73. The molecule has 2 heteroatoms. The number of hydrogen-bond acceptors (Lipinski definition) is 1. The second-order valence-corrected chi connectivity index (χ2v) is 9.10. The van der Waals surface area contributed by atoms with E-state index >= 15 is 0 Å². The van der Waals surface area contributed by atoms with E-state index in [1.54, 1.807) is 0 Å². The minimum Gasteiger partial charge on any atom is -0.486 e. The van der Waals surface area contributed by atoms with Crippen molar-refractivity contribution in [2.45, 2.75) is 52.6 Å². The first-order valence-electron chi connectivity index (χ1n) is 10.0. The average molecular weight is 373 g/mol. The highest BCUT2D eigenvalue weighted by Gasteiger charge is 2.49. The van der Waals surface area contributed by atoms with Crippen LogP contribution in [0.5, 0.6) is 5.75 Å². The number of aryl methyl sites for hydroxylation is 3. The molecule has 0 aliphatic carbocycles. The van der Waals surface area contributed by atoms with E-state index in [0.717, 1.165) is 5.75 Å². The topological polar surface area (TPSA) is 13.1 Å². The van der Waals surface area contributed by atoms with E-state index in [1.807, 2.05) is 0 Å². The number of hydrogen-bond donors (Lipinski definition) is 0. The Kier molecular flexibility index (Phi) is 4.15. The van der Waals surface area contributed by atoms with E-state index in [0.29, 0.717) is 0 Å². The summed E-state index contributed by atoms with van der Waals surface area (Å²) >= 11 is 0. The molecule has 0 spiro atoms. The van der Waals surface area contributed by atoms with Gasteiger partial charge in [-0.15, -0.1) is 0 Å². The Labute approximate surface area is 168 Å². The van der Waals surface area contributed by atoms with Gasteiger partial charge < -0.3 is 4.74 Å². The Bertz CT molecular complexity index is 1060. The van der Waals surface area contributed by atoms with Crippen molar-refractivity contribution in [1.29, 1.82) is 0 Å². The maximum atomic E-state index is 6.57. The van der Waals surface area contributed by atoms with Crippen LogP contribution < -0.4 is 9.30 Å². The number of pyridine rings is 1. The molecular weight excluding hydrogens is 342 g/mol. The summed E-state index contributed by atoms with van der Waals surface area (Å²) in [5, 5.41) is 0. The first kappa shape index (κ1) is 18.7. The number of nitrogens with zero attached hydrogens (tertiary/aromatic N) is 1. The Balaban J connectivity index is 1.93. The molecule has 1 aromatic heterocycles. The normalized spacial score (nSPS) is 16.5. The van der Waals surface area contributed by atoms with Crippen LogP contribution in [0.2, 0.25) is 0 Å². The van der Waals surface area contributed by atoms with E-state index in [4.69, 9.17) is 4.74 Å². The third-order valence-electron chi connectivity index (χ3n) is 6.72. The average Bonchev–Trinajstić information content (AvgIpc) is 2.82. The molecule has 0 radical (unpaired) electrons. The third-order valence-corrected chi connectivity index (χ3v) is 6.72. The number of fused-ring (bicyclic) bond motifs is 1. The molecule has 28 heavy (non-hydrogen) atoms. The smallest absolute Gasteiger partial charge is 0.216 e. The lowest BCUT2D eigenvalue weighted by Crippen LogP contribution is -2.42. The van der Waals surface area contributed by atoms with Gasteiger partial charge in [0.2, 0.25) is 5.69 Å². The molecule has 144 valence electrons. The number of benzene rings is 2. The maximum Gasteiger partial charge on any atom is 0.216 e. The van der Waals surface area contributed by atoms with Gasteiger partial charge >= 0.3 is 0 Å². The molecule has 0 saturated carbocycles. The summed E-state index contributed by atoms with van der Waals surface area (Å²) in [5.41, 5.74) is 8.44. The van der Waals surface area contributed by atoms with Crippen molar-refractivity contribution in [1.82, 2.24) is 0 Å². The lowest BCUT2D eigenvalue weighted by molar-refractivity contribution is -0.660. The Morgan fingerprint density at radius 1 is 0.857 bits per heavy atom. The second-order valence-electron chi connectivity index (χ2n) is 9.10. The molecule has 0 bridgehead atoms. The van der Waals surface area contributed by atoms with Crippen molar-refractivity contribution in [3.05, 3.63) is 71.4 Å². The quantitative estimate of drug-likeness (QED) is 0.510. The number of rotatable bonds is 2. The van der Waals surface area contributed by atoms with Gasteiger partial charge in [-0.25, -0.2) is 4.57 Å². The van der Waals surface area contributed by atoms with Crippen molar-refractivity contribution in [3.63, 3.8) is 0 Å². The summed E-state index contributed by atoms with van der Waals surface area (Å²) < 4.78 is 8.81. The zero-order valence-electron chi connectivity index (χ0n) is 18.1. The predicted octanol–water partition coefficient (Wildman–Crippen LogP) is 5.91. The maximum absolute atomic E-state index is 6.57.